The second-order valence-electron chi connectivity index (χ2n) is 5.04. The van der Waals surface area contributed by atoms with Crippen LogP contribution >= 0.6 is 11.8 Å². The summed E-state index contributed by atoms with van der Waals surface area (Å²) in [5.41, 5.74) is 0. The molecule has 1 aromatic heterocycles. The molecule has 108 valence electrons. The lowest BCUT2D eigenvalue weighted by atomic mass is 9.86. The second kappa shape index (κ2) is 8.04. The minimum absolute atomic E-state index is 0.333. The van der Waals surface area contributed by atoms with Crippen molar-refractivity contribution >= 4 is 23.0 Å². The van der Waals surface area contributed by atoms with Crippen molar-refractivity contribution < 1.29 is 14.3 Å². The van der Waals surface area contributed by atoms with Crippen molar-refractivity contribution in [2.45, 2.75) is 50.0 Å². The largest absolute Gasteiger partial charge is 0.384 e. The van der Waals surface area contributed by atoms with Gasteiger partial charge in [0, 0.05) is 24.4 Å². The summed E-state index contributed by atoms with van der Waals surface area (Å²) in [7, 11) is 0. The zero-order valence-corrected chi connectivity index (χ0v) is 12.2. The highest BCUT2D eigenvalue weighted by Gasteiger charge is 2.17. The first-order valence-corrected chi connectivity index (χ1v) is 7.89. The average molecular weight is 293 g/mol. The molecule has 2 rings (SSSR count). The molecule has 0 unspecified atom stereocenters. The van der Waals surface area contributed by atoms with Gasteiger partial charge in [-0.3, -0.25) is 4.79 Å². The van der Waals surface area contributed by atoms with E-state index in [1.54, 1.807) is 24.4 Å². The van der Waals surface area contributed by atoms with Gasteiger partial charge in [0.2, 0.25) is 0 Å². The van der Waals surface area contributed by atoms with Gasteiger partial charge in [0.1, 0.15) is 5.03 Å². The van der Waals surface area contributed by atoms with Crippen molar-refractivity contribution in [2.75, 3.05) is 0 Å². The number of ether oxygens (including phenoxy) is 1. The Hall–Kier alpha value is -1.36. The van der Waals surface area contributed by atoms with Crippen LogP contribution in [0.25, 0.3) is 0 Å². The standard InChI is InChI=1S/C15H19NO3S/c17-14(10-9-12-6-2-1-3-7-12)19-15(18)20-13-8-4-5-11-16-13/h4-5,8,11-12H,1-3,6-7,9-10H2. The van der Waals surface area contributed by atoms with Crippen molar-refractivity contribution in [3.05, 3.63) is 24.4 Å². The molecular formula is C15H19NO3S. The third-order valence-electron chi connectivity index (χ3n) is 3.50. The first kappa shape index (κ1) is 15.0. The van der Waals surface area contributed by atoms with Gasteiger partial charge in [0.15, 0.2) is 0 Å². The Morgan fingerprint density at radius 2 is 2.05 bits per heavy atom. The summed E-state index contributed by atoms with van der Waals surface area (Å²) in [6.45, 7) is 0. The molecule has 0 radical (unpaired) electrons. The van der Waals surface area contributed by atoms with Crippen LogP contribution in [0.3, 0.4) is 0 Å². The van der Waals surface area contributed by atoms with E-state index in [0.29, 0.717) is 17.4 Å². The number of rotatable bonds is 4. The van der Waals surface area contributed by atoms with E-state index >= 15 is 0 Å². The second-order valence-corrected chi connectivity index (χ2v) is 5.99. The third kappa shape index (κ3) is 5.33. The maximum atomic E-state index is 11.6. The highest BCUT2D eigenvalue weighted by atomic mass is 32.2. The highest BCUT2D eigenvalue weighted by molar-refractivity contribution is 8.13. The molecule has 20 heavy (non-hydrogen) atoms. The average Bonchev–Trinajstić information content (AvgIpc) is 2.47. The van der Waals surface area contributed by atoms with Gasteiger partial charge >= 0.3 is 11.3 Å². The maximum Gasteiger partial charge on any atom is 0.381 e. The summed E-state index contributed by atoms with van der Waals surface area (Å²) in [6.07, 6.45) is 8.98. The first-order valence-electron chi connectivity index (χ1n) is 7.07. The predicted octanol–water partition coefficient (Wildman–Crippen LogP) is 4.20. The lowest BCUT2D eigenvalue weighted by Gasteiger charge is -2.20. The molecule has 1 aromatic rings. The molecule has 1 heterocycles. The van der Waals surface area contributed by atoms with Crippen molar-refractivity contribution in [1.29, 1.82) is 0 Å². The fourth-order valence-corrected chi connectivity index (χ4v) is 3.02. The maximum absolute atomic E-state index is 11.6. The van der Waals surface area contributed by atoms with Crippen LogP contribution in [-0.2, 0) is 9.53 Å². The number of pyridine rings is 1. The molecule has 0 N–H and O–H groups in total. The monoisotopic (exact) mass is 293 g/mol. The summed E-state index contributed by atoms with van der Waals surface area (Å²) < 4.78 is 4.79. The van der Waals surface area contributed by atoms with Crippen LogP contribution in [0.1, 0.15) is 44.9 Å². The van der Waals surface area contributed by atoms with Crippen LogP contribution in [0.2, 0.25) is 0 Å². The van der Waals surface area contributed by atoms with Gasteiger partial charge in [0.25, 0.3) is 0 Å². The van der Waals surface area contributed by atoms with E-state index in [0.717, 1.165) is 18.2 Å². The molecule has 1 aliphatic carbocycles. The summed E-state index contributed by atoms with van der Waals surface area (Å²) >= 11 is 0.840. The van der Waals surface area contributed by atoms with Crippen LogP contribution in [0, 0.1) is 5.92 Å². The smallest absolute Gasteiger partial charge is 0.381 e. The van der Waals surface area contributed by atoms with E-state index in [-0.39, 0.29) is 0 Å². The fourth-order valence-electron chi connectivity index (χ4n) is 2.46. The fraction of sp³-hybridized carbons (Fsp3) is 0.533. The number of carbonyl (C=O) groups excluding carboxylic acids is 2. The van der Waals surface area contributed by atoms with Gasteiger partial charge in [-0.25, -0.2) is 9.78 Å². The van der Waals surface area contributed by atoms with Gasteiger partial charge in [-0.05, 0) is 24.5 Å². The van der Waals surface area contributed by atoms with Crippen LogP contribution in [-0.4, -0.2) is 16.3 Å². The molecule has 1 aliphatic rings. The Labute approximate surface area is 123 Å². The van der Waals surface area contributed by atoms with E-state index in [1.165, 1.54) is 32.1 Å². The number of nitrogens with zero attached hydrogens (tertiary/aromatic N) is 1. The van der Waals surface area contributed by atoms with E-state index in [9.17, 15) is 9.59 Å². The van der Waals surface area contributed by atoms with Crippen molar-refractivity contribution in [1.82, 2.24) is 4.98 Å². The Balaban J connectivity index is 1.67. The van der Waals surface area contributed by atoms with Gasteiger partial charge in [-0.2, -0.15) is 0 Å². The molecule has 0 spiro atoms. The molecule has 0 atom stereocenters. The molecule has 0 saturated heterocycles. The quantitative estimate of drug-likeness (QED) is 0.473. The molecular weight excluding hydrogens is 274 g/mol. The Morgan fingerprint density at radius 1 is 1.25 bits per heavy atom. The topological polar surface area (TPSA) is 56.3 Å². The zero-order valence-electron chi connectivity index (χ0n) is 11.4. The first-order chi connectivity index (χ1) is 9.74. The number of thioether (sulfide) groups is 1. The predicted molar refractivity (Wildman–Crippen MR) is 77.4 cm³/mol. The SMILES string of the molecule is O=C(CCC1CCCCC1)OC(=O)Sc1ccccn1. The lowest BCUT2D eigenvalue weighted by molar-refractivity contribution is -0.136. The van der Waals surface area contributed by atoms with Crippen molar-refractivity contribution in [3.8, 4) is 0 Å². The third-order valence-corrected chi connectivity index (χ3v) is 4.20. The lowest BCUT2D eigenvalue weighted by Crippen LogP contribution is -2.12. The van der Waals surface area contributed by atoms with E-state index in [4.69, 9.17) is 4.74 Å². The van der Waals surface area contributed by atoms with Gasteiger partial charge in [0.05, 0.1) is 0 Å². The minimum Gasteiger partial charge on any atom is -0.384 e. The van der Waals surface area contributed by atoms with Crippen molar-refractivity contribution in [2.24, 2.45) is 5.92 Å². The molecule has 5 heteroatoms. The van der Waals surface area contributed by atoms with Crippen LogP contribution < -0.4 is 0 Å². The summed E-state index contributed by atoms with van der Waals surface area (Å²) in [6, 6.07) is 5.26. The number of esters is 1. The summed E-state index contributed by atoms with van der Waals surface area (Å²) in [4.78, 5) is 27.2. The van der Waals surface area contributed by atoms with Crippen LogP contribution in [0.15, 0.2) is 29.4 Å². The molecule has 0 aliphatic heterocycles. The van der Waals surface area contributed by atoms with E-state index in [1.807, 2.05) is 0 Å². The molecule has 4 nitrogen and oxygen atoms in total. The molecule has 1 fully saturated rings. The molecule has 1 saturated carbocycles. The van der Waals surface area contributed by atoms with E-state index < -0.39 is 11.3 Å². The van der Waals surface area contributed by atoms with Gasteiger partial charge in [-0.15, -0.1) is 0 Å². The molecule has 0 aromatic carbocycles. The number of hydrogen-bond donors (Lipinski definition) is 0. The normalized spacial score (nSPS) is 15.8. The van der Waals surface area contributed by atoms with Gasteiger partial charge < -0.3 is 4.74 Å². The van der Waals surface area contributed by atoms with Crippen molar-refractivity contribution in [3.63, 3.8) is 0 Å². The Morgan fingerprint density at radius 3 is 2.75 bits per heavy atom. The summed E-state index contributed by atoms with van der Waals surface area (Å²) in [5, 5.41) is -0.0603. The van der Waals surface area contributed by atoms with Crippen LogP contribution in [0.4, 0.5) is 4.79 Å². The zero-order chi connectivity index (χ0) is 14.2. The highest BCUT2D eigenvalue weighted by Crippen LogP contribution is 2.27. The van der Waals surface area contributed by atoms with Gasteiger partial charge in [-0.1, -0.05) is 38.2 Å². The Bertz CT molecular complexity index is 444. The number of aromatic nitrogens is 1. The Kier molecular flexibility index (Phi) is 6.05. The molecule has 0 bridgehead atoms. The number of carbonyl (C=O) groups is 2. The van der Waals surface area contributed by atoms with E-state index in [2.05, 4.69) is 4.98 Å². The van der Waals surface area contributed by atoms with Crippen LogP contribution in [0.5, 0.6) is 0 Å². The molecule has 0 amide bonds. The number of hydrogen-bond acceptors (Lipinski definition) is 5. The minimum atomic E-state index is -0.600. The summed E-state index contributed by atoms with van der Waals surface area (Å²) in [5.74, 6) is 0.193.